The zero-order valence-corrected chi connectivity index (χ0v) is 15.8. The number of aryl methyl sites for hydroxylation is 1. The van der Waals surface area contributed by atoms with Gasteiger partial charge in [0.15, 0.2) is 0 Å². The highest BCUT2D eigenvalue weighted by atomic mass is 32.2. The molecular weight excluding hydrogens is 358 g/mol. The number of fused-ring (bicyclic) bond motifs is 1. The van der Waals surface area contributed by atoms with Crippen LogP contribution in [0.5, 0.6) is 0 Å². The summed E-state index contributed by atoms with van der Waals surface area (Å²) in [5.41, 5.74) is 5.49. The van der Waals surface area contributed by atoms with E-state index in [0.717, 1.165) is 21.0 Å². The van der Waals surface area contributed by atoms with E-state index in [4.69, 9.17) is 5.26 Å². The number of hydrogen-bond acceptors (Lipinski definition) is 5. The van der Waals surface area contributed by atoms with Gasteiger partial charge in [-0.2, -0.15) is 5.26 Å². The summed E-state index contributed by atoms with van der Waals surface area (Å²) >= 11 is 3.36. The zero-order valence-electron chi connectivity index (χ0n) is 14.1. The van der Waals surface area contributed by atoms with Gasteiger partial charge in [0, 0.05) is 16.7 Å². The number of hydrogen-bond donors (Lipinski definition) is 0. The van der Waals surface area contributed by atoms with Gasteiger partial charge in [-0.3, -0.25) is 0 Å². The van der Waals surface area contributed by atoms with Crippen LogP contribution < -0.4 is 0 Å². The molecule has 0 fully saturated rings. The molecule has 4 rings (SSSR count). The van der Waals surface area contributed by atoms with E-state index in [-0.39, 0.29) is 0 Å². The SMILES string of the molecule is Cc1ccc(-c2csc3ncnc(SCc4ccc(C#N)cc4)c23)cc1. The molecule has 0 bridgehead atoms. The van der Waals surface area contributed by atoms with Crippen LogP contribution in [0.2, 0.25) is 0 Å². The average Bonchev–Trinajstić information content (AvgIpc) is 3.12. The maximum atomic E-state index is 8.92. The van der Waals surface area contributed by atoms with E-state index in [1.54, 1.807) is 29.4 Å². The quantitative estimate of drug-likeness (QED) is 0.333. The lowest BCUT2D eigenvalue weighted by Gasteiger charge is -2.06. The van der Waals surface area contributed by atoms with E-state index >= 15 is 0 Å². The van der Waals surface area contributed by atoms with E-state index in [1.807, 2.05) is 24.3 Å². The van der Waals surface area contributed by atoms with Crippen molar-refractivity contribution < 1.29 is 0 Å². The van der Waals surface area contributed by atoms with Crippen LogP contribution in [-0.2, 0) is 5.75 Å². The van der Waals surface area contributed by atoms with Crippen molar-refractivity contribution in [1.29, 1.82) is 5.26 Å². The number of aromatic nitrogens is 2. The summed E-state index contributed by atoms with van der Waals surface area (Å²) in [6.45, 7) is 2.09. The molecule has 0 spiro atoms. The second-order valence-corrected chi connectivity index (χ2v) is 7.79. The summed E-state index contributed by atoms with van der Waals surface area (Å²) in [6, 6.07) is 18.4. The summed E-state index contributed by atoms with van der Waals surface area (Å²) in [6.07, 6.45) is 1.64. The molecule has 0 amide bonds. The molecule has 0 saturated carbocycles. The van der Waals surface area contributed by atoms with Gasteiger partial charge in [0.05, 0.1) is 17.0 Å². The fourth-order valence-corrected chi connectivity index (χ4v) is 4.68. The molecule has 0 aliphatic carbocycles. The summed E-state index contributed by atoms with van der Waals surface area (Å²) in [7, 11) is 0. The smallest absolute Gasteiger partial charge is 0.128 e. The Bertz CT molecular complexity index is 1090. The molecular formula is C21H15N3S2. The van der Waals surface area contributed by atoms with Gasteiger partial charge in [0.1, 0.15) is 16.2 Å². The van der Waals surface area contributed by atoms with Crippen molar-refractivity contribution in [1.82, 2.24) is 9.97 Å². The van der Waals surface area contributed by atoms with Crippen molar-refractivity contribution in [3.05, 3.63) is 76.9 Å². The Labute approximate surface area is 160 Å². The van der Waals surface area contributed by atoms with E-state index in [2.05, 4.69) is 52.6 Å². The van der Waals surface area contributed by atoms with E-state index in [1.165, 1.54) is 22.3 Å². The van der Waals surface area contributed by atoms with Crippen LogP contribution in [0, 0.1) is 18.3 Å². The third kappa shape index (κ3) is 3.34. The Hall–Kier alpha value is -2.68. The van der Waals surface area contributed by atoms with Crippen molar-refractivity contribution in [2.75, 3.05) is 0 Å². The monoisotopic (exact) mass is 373 g/mol. The molecule has 0 aliphatic heterocycles. The van der Waals surface area contributed by atoms with Gasteiger partial charge < -0.3 is 0 Å². The Morgan fingerprint density at radius 3 is 2.54 bits per heavy atom. The maximum absolute atomic E-state index is 8.92. The van der Waals surface area contributed by atoms with Gasteiger partial charge in [-0.15, -0.1) is 23.1 Å². The van der Waals surface area contributed by atoms with Crippen molar-refractivity contribution in [2.45, 2.75) is 17.7 Å². The van der Waals surface area contributed by atoms with Crippen LogP contribution in [0.3, 0.4) is 0 Å². The minimum absolute atomic E-state index is 0.683. The van der Waals surface area contributed by atoms with E-state index in [0.29, 0.717) is 5.56 Å². The van der Waals surface area contributed by atoms with Gasteiger partial charge in [0.25, 0.3) is 0 Å². The number of thiophene rings is 1. The van der Waals surface area contributed by atoms with Crippen molar-refractivity contribution in [3.63, 3.8) is 0 Å². The molecule has 26 heavy (non-hydrogen) atoms. The largest absolute Gasteiger partial charge is 0.229 e. The molecule has 0 aliphatic rings. The molecule has 0 N–H and O–H groups in total. The van der Waals surface area contributed by atoms with Crippen LogP contribution in [0.15, 0.2) is 65.3 Å². The molecule has 2 aromatic carbocycles. The average molecular weight is 374 g/mol. The van der Waals surface area contributed by atoms with Gasteiger partial charge >= 0.3 is 0 Å². The van der Waals surface area contributed by atoms with Crippen LogP contribution in [-0.4, -0.2) is 9.97 Å². The topological polar surface area (TPSA) is 49.6 Å². The van der Waals surface area contributed by atoms with Gasteiger partial charge in [0.2, 0.25) is 0 Å². The third-order valence-corrected chi connectivity index (χ3v) is 6.10. The maximum Gasteiger partial charge on any atom is 0.128 e. The van der Waals surface area contributed by atoms with Gasteiger partial charge in [-0.25, -0.2) is 9.97 Å². The molecule has 5 heteroatoms. The number of rotatable bonds is 4. The lowest BCUT2D eigenvalue weighted by molar-refractivity contribution is 1.11. The Balaban J connectivity index is 1.67. The summed E-state index contributed by atoms with van der Waals surface area (Å²) in [5, 5.41) is 13.2. The highest BCUT2D eigenvalue weighted by Crippen LogP contribution is 2.38. The summed E-state index contributed by atoms with van der Waals surface area (Å²) < 4.78 is 0. The molecule has 2 aromatic heterocycles. The first-order valence-corrected chi connectivity index (χ1v) is 10.0. The van der Waals surface area contributed by atoms with Crippen molar-refractivity contribution >= 4 is 33.3 Å². The van der Waals surface area contributed by atoms with Crippen LogP contribution in [0.1, 0.15) is 16.7 Å². The molecule has 0 unspecified atom stereocenters. The number of thioether (sulfide) groups is 1. The van der Waals surface area contributed by atoms with Crippen LogP contribution in [0.4, 0.5) is 0 Å². The van der Waals surface area contributed by atoms with Crippen LogP contribution >= 0.6 is 23.1 Å². The Morgan fingerprint density at radius 2 is 1.81 bits per heavy atom. The predicted molar refractivity (Wildman–Crippen MR) is 108 cm³/mol. The molecule has 3 nitrogen and oxygen atoms in total. The number of nitrogens with zero attached hydrogens (tertiary/aromatic N) is 3. The van der Waals surface area contributed by atoms with Crippen molar-refractivity contribution in [3.8, 4) is 17.2 Å². The molecule has 126 valence electrons. The Kier molecular flexibility index (Phi) is 4.70. The first-order chi connectivity index (χ1) is 12.7. The number of benzene rings is 2. The molecule has 0 radical (unpaired) electrons. The summed E-state index contributed by atoms with van der Waals surface area (Å²) in [4.78, 5) is 9.99. The molecule has 4 aromatic rings. The highest BCUT2D eigenvalue weighted by molar-refractivity contribution is 7.98. The Morgan fingerprint density at radius 1 is 1.04 bits per heavy atom. The van der Waals surface area contributed by atoms with E-state index in [9.17, 15) is 0 Å². The fourth-order valence-electron chi connectivity index (χ4n) is 2.73. The van der Waals surface area contributed by atoms with Gasteiger partial charge in [-0.1, -0.05) is 42.0 Å². The minimum Gasteiger partial charge on any atom is -0.229 e. The first-order valence-electron chi connectivity index (χ1n) is 8.15. The summed E-state index contributed by atoms with van der Waals surface area (Å²) in [5.74, 6) is 0.807. The zero-order chi connectivity index (χ0) is 17.9. The van der Waals surface area contributed by atoms with Crippen molar-refractivity contribution in [2.24, 2.45) is 0 Å². The molecule has 2 heterocycles. The standard InChI is InChI=1S/C21H15N3S2/c1-14-2-8-17(9-3-14)18-12-26-21-19(18)20(23-13-24-21)25-11-16-6-4-15(10-22)5-7-16/h2-9,12-13H,11H2,1H3. The molecule has 0 saturated heterocycles. The lowest BCUT2D eigenvalue weighted by atomic mass is 10.1. The second kappa shape index (κ2) is 7.28. The van der Waals surface area contributed by atoms with Gasteiger partial charge in [-0.05, 0) is 30.2 Å². The minimum atomic E-state index is 0.683. The normalized spacial score (nSPS) is 10.8. The predicted octanol–water partition coefficient (Wildman–Crippen LogP) is 5.83. The third-order valence-electron chi connectivity index (χ3n) is 4.16. The highest BCUT2D eigenvalue weighted by Gasteiger charge is 2.13. The molecule has 0 atom stereocenters. The fraction of sp³-hybridized carbons (Fsp3) is 0.0952. The lowest BCUT2D eigenvalue weighted by Crippen LogP contribution is -1.88. The second-order valence-electron chi connectivity index (χ2n) is 5.97. The first kappa shape index (κ1) is 16.8. The van der Waals surface area contributed by atoms with E-state index < -0.39 is 0 Å². The number of nitriles is 1. The van der Waals surface area contributed by atoms with Crippen LogP contribution in [0.25, 0.3) is 21.3 Å².